The minimum atomic E-state index is -0.552. The highest BCUT2D eigenvalue weighted by Crippen LogP contribution is 2.28. The molecule has 1 unspecified atom stereocenters. The topological polar surface area (TPSA) is 115 Å². The van der Waals surface area contributed by atoms with E-state index >= 15 is 0 Å². The van der Waals surface area contributed by atoms with Gasteiger partial charge in [-0.25, -0.2) is 4.98 Å². The van der Waals surface area contributed by atoms with Crippen LogP contribution in [-0.2, 0) is 0 Å². The molecule has 0 spiro atoms. The maximum absolute atomic E-state index is 12.0. The SMILES string of the molecule is CC(Nc1cn(C2CCN(C(C)C)CC2)nc1C(N)=O)c1coc(-c2cccnc2)n1. The predicted molar refractivity (Wildman–Crippen MR) is 117 cm³/mol. The minimum Gasteiger partial charge on any atom is -0.444 e. The molecule has 1 fully saturated rings. The number of nitrogens with zero attached hydrogens (tertiary/aromatic N) is 5. The van der Waals surface area contributed by atoms with Gasteiger partial charge < -0.3 is 20.4 Å². The van der Waals surface area contributed by atoms with Crippen LogP contribution in [0.1, 0.15) is 61.9 Å². The van der Waals surface area contributed by atoms with Crippen molar-refractivity contribution >= 4 is 11.6 Å². The lowest BCUT2D eigenvalue weighted by molar-refractivity contribution is 0.0993. The van der Waals surface area contributed by atoms with Crippen molar-refractivity contribution in [2.24, 2.45) is 5.73 Å². The van der Waals surface area contributed by atoms with E-state index in [1.807, 2.05) is 29.9 Å². The van der Waals surface area contributed by atoms with Crippen LogP contribution in [0.3, 0.4) is 0 Å². The summed E-state index contributed by atoms with van der Waals surface area (Å²) in [6.07, 6.45) is 8.88. The van der Waals surface area contributed by atoms with Crippen LogP contribution in [0.5, 0.6) is 0 Å². The van der Waals surface area contributed by atoms with Crippen molar-refractivity contribution in [3.8, 4) is 11.5 Å². The standard InChI is InChI=1S/C22H29N7O2/c1-14(2)28-9-6-17(7-10-28)29-12-18(20(27-29)21(23)30)25-15(3)19-13-31-22(26-19)16-5-4-8-24-11-16/h4-5,8,11-15,17,25H,6-7,9-10H2,1-3H3,(H2,23,30). The summed E-state index contributed by atoms with van der Waals surface area (Å²) in [6, 6.07) is 4.31. The molecule has 1 aliphatic rings. The second kappa shape index (κ2) is 8.89. The quantitative estimate of drug-likeness (QED) is 0.599. The van der Waals surface area contributed by atoms with Crippen LogP contribution in [0.4, 0.5) is 5.69 Å². The van der Waals surface area contributed by atoms with E-state index < -0.39 is 5.91 Å². The normalized spacial score (nSPS) is 16.5. The van der Waals surface area contributed by atoms with Crippen molar-refractivity contribution in [3.63, 3.8) is 0 Å². The lowest BCUT2D eigenvalue weighted by Gasteiger charge is -2.34. The Morgan fingerprint density at radius 3 is 2.71 bits per heavy atom. The molecule has 1 saturated heterocycles. The number of likely N-dealkylation sites (tertiary alicyclic amines) is 1. The molecule has 4 heterocycles. The first-order chi connectivity index (χ1) is 14.9. The summed E-state index contributed by atoms with van der Waals surface area (Å²) in [7, 11) is 0. The van der Waals surface area contributed by atoms with Gasteiger partial charge in [0.1, 0.15) is 12.0 Å². The number of oxazole rings is 1. The third kappa shape index (κ3) is 4.61. The fourth-order valence-electron chi connectivity index (χ4n) is 3.95. The number of primary amides is 1. The van der Waals surface area contributed by atoms with Crippen molar-refractivity contribution in [2.45, 2.75) is 51.7 Å². The van der Waals surface area contributed by atoms with Crippen LogP contribution >= 0.6 is 0 Å². The second-order valence-electron chi connectivity index (χ2n) is 8.28. The van der Waals surface area contributed by atoms with Crippen molar-refractivity contribution in [1.82, 2.24) is 24.6 Å². The number of hydrogen-bond acceptors (Lipinski definition) is 7. The number of piperidine rings is 1. The highest BCUT2D eigenvalue weighted by atomic mass is 16.3. The molecule has 1 amide bonds. The van der Waals surface area contributed by atoms with E-state index in [1.54, 1.807) is 18.7 Å². The lowest BCUT2D eigenvalue weighted by Crippen LogP contribution is -2.39. The summed E-state index contributed by atoms with van der Waals surface area (Å²) in [5.74, 6) is -0.0521. The molecule has 3 aromatic rings. The van der Waals surface area contributed by atoms with Gasteiger partial charge in [0.05, 0.1) is 23.3 Å². The Morgan fingerprint density at radius 2 is 2.06 bits per heavy atom. The Morgan fingerprint density at radius 1 is 1.29 bits per heavy atom. The Labute approximate surface area is 181 Å². The monoisotopic (exact) mass is 423 g/mol. The second-order valence-corrected chi connectivity index (χ2v) is 8.28. The van der Waals surface area contributed by atoms with Crippen LogP contribution in [0.15, 0.2) is 41.4 Å². The van der Waals surface area contributed by atoms with Gasteiger partial charge in [-0.3, -0.25) is 14.5 Å². The summed E-state index contributed by atoms with van der Waals surface area (Å²) in [6.45, 7) is 8.42. The van der Waals surface area contributed by atoms with Crippen LogP contribution in [-0.4, -0.2) is 49.7 Å². The van der Waals surface area contributed by atoms with Crippen LogP contribution in [0, 0.1) is 0 Å². The Balaban J connectivity index is 1.49. The molecule has 0 aromatic carbocycles. The lowest BCUT2D eigenvalue weighted by atomic mass is 10.0. The number of carbonyl (C=O) groups is 1. The van der Waals surface area contributed by atoms with Gasteiger partial charge in [0.15, 0.2) is 5.69 Å². The summed E-state index contributed by atoms with van der Waals surface area (Å²) < 4.78 is 7.49. The number of anilines is 1. The molecule has 164 valence electrons. The maximum atomic E-state index is 12.0. The van der Waals surface area contributed by atoms with E-state index in [4.69, 9.17) is 10.2 Å². The fourth-order valence-corrected chi connectivity index (χ4v) is 3.95. The zero-order chi connectivity index (χ0) is 22.0. The number of hydrogen-bond donors (Lipinski definition) is 2. The van der Waals surface area contributed by atoms with Crippen molar-refractivity contribution < 1.29 is 9.21 Å². The van der Waals surface area contributed by atoms with E-state index in [1.165, 1.54) is 0 Å². The smallest absolute Gasteiger partial charge is 0.271 e. The zero-order valence-corrected chi connectivity index (χ0v) is 18.2. The number of carbonyl (C=O) groups excluding carboxylic acids is 1. The number of aromatic nitrogens is 4. The molecular formula is C22H29N7O2. The summed E-state index contributed by atoms with van der Waals surface area (Å²) >= 11 is 0. The van der Waals surface area contributed by atoms with E-state index in [2.05, 4.69) is 39.1 Å². The van der Waals surface area contributed by atoms with Gasteiger partial charge in [-0.2, -0.15) is 5.10 Å². The number of amides is 1. The van der Waals surface area contributed by atoms with Gasteiger partial charge in [0.2, 0.25) is 5.89 Å². The van der Waals surface area contributed by atoms with Crippen LogP contribution < -0.4 is 11.1 Å². The fraction of sp³-hybridized carbons (Fsp3) is 0.455. The Bertz CT molecular complexity index is 1020. The van der Waals surface area contributed by atoms with Crippen molar-refractivity contribution in [2.75, 3.05) is 18.4 Å². The van der Waals surface area contributed by atoms with E-state index in [0.29, 0.717) is 23.3 Å². The highest BCUT2D eigenvalue weighted by molar-refractivity contribution is 5.96. The first-order valence-electron chi connectivity index (χ1n) is 10.7. The molecule has 0 radical (unpaired) electrons. The van der Waals surface area contributed by atoms with Gasteiger partial charge in [-0.15, -0.1) is 0 Å². The van der Waals surface area contributed by atoms with Gasteiger partial charge >= 0.3 is 0 Å². The first kappa shape index (κ1) is 21.0. The highest BCUT2D eigenvalue weighted by Gasteiger charge is 2.25. The average molecular weight is 424 g/mol. The molecule has 1 aliphatic heterocycles. The number of pyridine rings is 1. The summed E-state index contributed by atoms with van der Waals surface area (Å²) in [4.78, 5) is 23.1. The molecular weight excluding hydrogens is 394 g/mol. The van der Waals surface area contributed by atoms with Gasteiger partial charge in [-0.05, 0) is 45.7 Å². The predicted octanol–water partition coefficient (Wildman–Crippen LogP) is 3.25. The molecule has 1 atom stereocenters. The molecule has 0 bridgehead atoms. The summed E-state index contributed by atoms with van der Waals surface area (Å²) in [5, 5.41) is 7.84. The molecule has 3 N–H and O–H groups in total. The Hall–Kier alpha value is -3.20. The number of rotatable bonds is 7. The third-order valence-corrected chi connectivity index (χ3v) is 5.81. The molecule has 0 saturated carbocycles. The van der Waals surface area contributed by atoms with Crippen LogP contribution in [0.2, 0.25) is 0 Å². The minimum absolute atomic E-state index is 0.201. The van der Waals surface area contributed by atoms with E-state index in [0.717, 1.165) is 31.5 Å². The maximum Gasteiger partial charge on any atom is 0.271 e. The first-order valence-corrected chi connectivity index (χ1v) is 10.7. The molecule has 9 heteroatoms. The third-order valence-electron chi connectivity index (χ3n) is 5.81. The molecule has 9 nitrogen and oxygen atoms in total. The van der Waals surface area contributed by atoms with E-state index in [9.17, 15) is 4.79 Å². The molecule has 31 heavy (non-hydrogen) atoms. The Kier molecular flexibility index (Phi) is 6.03. The zero-order valence-electron chi connectivity index (χ0n) is 18.2. The van der Waals surface area contributed by atoms with Gasteiger partial charge in [0, 0.05) is 37.7 Å². The largest absolute Gasteiger partial charge is 0.444 e. The van der Waals surface area contributed by atoms with Crippen LogP contribution in [0.25, 0.3) is 11.5 Å². The molecule has 4 rings (SSSR count). The van der Waals surface area contributed by atoms with Crippen molar-refractivity contribution in [3.05, 3.63) is 48.4 Å². The van der Waals surface area contributed by atoms with Gasteiger partial charge in [0.25, 0.3) is 5.91 Å². The number of nitrogens with two attached hydrogens (primary N) is 1. The van der Waals surface area contributed by atoms with Gasteiger partial charge in [-0.1, -0.05) is 0 Å². The van der Waals surface area contributed by atoms with Crippen molar-refractivity contribution in [1.29, 1.82) is 0 Å². The molecule has 0 aliphatic carbocycles. The number of nitrogens with one attached hydrogen (secondary N) is 1. The average Bonchev–Trinajstić information content (AvgIpc) is 3.42. The summed E-state index contributed by atoms with van der Waals surface area (Å²) in [5.41, 5.74) is 7.98. The van der Waals surface area contributed by atoms with E-state index in [-0.39, 0.29) is 17.8 Å². The molecule has 3 aromatic heterocycles.